The number of aliphatic hydroxyl groups excluding tert-OH is 2. The van der Waals surface area contributed by atoms with E-state index in [4.69, 9.17) is 4.74 Å². The van der Waals surface area contributed by atoms with E-state index in [1.54, 1.807) is 5.94 Å². The van der Waals surface area contributed by atoms with Gasteiger partial charge < -0.3 is 14.9 Å². The summed E-state index contributed by atoms with van der Waals surface area (Å²) in [6.07, 6.45) is 5.71. The average Bonchev–Trinajstić information content (AvgIpc) is 2.85. The van der Waals surface area contributed by atoms with Crippen LogP contribution in [0, 0.1) is 23.2 Å². The van der Waals surface area contributed by atoms with Gasteiger partial charge in [-0.15, -0.1) is 0 Å². The quantitative estimate of drug-likeness (QED) is 0.448. The first kappa shape index (κ1) is 18.3. The molecule has 6 atom stereocenters. The van der Waals surface area contributed by atoms with Crippen LogP contribution >= 0.6 is 0 Å². The molecule has 0 saturated heterocycles. The second-order valence-corrected chi connectivity index (χ2v) is 7.68. The second kappa shape index (κ2) is 7.68. The maximum absolute atomic E-state index is 10.4. The molecule has 4 nitrogen and oxygen atoms in total. The minimum absolute atomic E-state index is 0.156. The molecular weight excluding hydrogens is 292 g/mol. The van der Waals surface area contributed by atoms with Crippen molar-refractivity contribution in [3.8, 4) is 0 Å². The number of carbonyl (C=O) groups excluding carboxylic acids is 1. The molecule has 0 aromatic heterocycles. The van der Waals surface area contributed by atoms with Gasteiger partial charge in [0.05, 0.1) is 19.3 Å². The number of rotatable bonds is 6. The van der Waals surface area contributed by atoms with Crippen LogP contribution in [-0.2, 0) is 9.53 Å². The summed E-state index contributed by atoms with van der Waals surface area (Å²) in [5.74, 6) is 3.25. The van der Waals surface area contributed by atoms with Crippen molar-refractivity contribution in [3.05, 3.63) is 11.5 Å². The van der Waals surface area contributed by atoms with Gasteiger partial charge >= 0.3 is 0 Å². The molecule has 0 aliphatic heterocycles. The molecular formula is C19H30O4. The maximum atomic E-state index is 10.4. The number of hydrogen-bond donors (Lipinski definition) is 2. The third-order valence-electron chi connectivity index (χ3n) is 6.35. The lowest BCUT2D eigenvalue weighted by molar-refractivity contribution is -0.0316. The summed E-state index contributed by atoms with van der Waals surface area (Å²) >= 11 is 0. The van der Waals surface area contributed by atoms with Gasteiger partial charge in [-0.05, 0) is 55.3 Å². The van der Waals surface area contributed by atoms with E-state index in [1.165, 1.54) is 13.5 Å². The standard InChI is InChI=1S/C19H30O4/c1-13(11-14(21)12-15(23-3)8-10-20)16-6-7-17-18(22)5-4-9-19(16,17)2/h13-14,16-18,21-22H,4-7,9,11-12H2,1-3H3/t13-,14-,16-,17?,18?,19-/m1/s1. The van der Waals surface area contributed by atoms with Gasteiger partial charge in [0, 0.05) is 12.2 Å². The summed E-state index contributed by atoms with van der Waals surface area (Å²) < 4.78 is 5.04. The monoisotopic (exact) mass is 322 g/mol. The number of methoxy groups -OCH3 is 1. The van der Waals surface area contributed by atoms with Crippen LogP contribution in [-0.4, -0.2) is 35.5 Å². The van der Waals surface area contributed by atoms with Crippen LogP contribution in [0.4, 0.5) is 0 Å². The van der Waals surface area contributed by atoms with Gasteiger partial charge in [0.25, 0.3) is 0 Å². The van der Waals surface area contributed by atoms with Gasteiger partial charge in [-0.1, -0.05) is 20.3 Å². The molecule has 0 spiro atoms. The molecule has 2 aliphatic carbocycles. The van der Waals surface area contributed by atoms with Gasteiger partial charge in [-0.2, -0.15) is 0 Å². The Bertz CT molecular complexity index is 490. The number of hydrogen-bond acceptors (Lipinski definition) is 4. The molecule has 4 heteroatoms. The molecule has 2 unspecified atom stereocenters. The predicted molar refractivity (Wildman–Crippen MR) is 88.3 cm³/mol. The van der Waals surface area contributed by atoms with E-state index < -0.39 is 6.10 Å². The highest BCUT2D eigenvalue weighted by atomic mass is 16.5. The lowest BCUT2D eigenvalue weighted by Gasteiger charge is -2.45. The Kier molecular flexibility index (Phi) is 6.11. The van der Waals surface area contributed by atoms with Crippen molar-refractivity contribution in [2.75, 3.05) is 7.11 Å². The fourth-order valence-corrected chi connectivity index (χ4v) is 5.26. The first-order valence-corrected chi connectivity index (χ1v) is 8.81. The van der Waals surface area contributed by atoms with Crippen molar-refractivity contribution < 1.29 is 19.7 Å². The van der Waals surface area contributed by atoms with Crippen LogP contribution in [0.2, 0.25) is 0 Å². The summed E-state index contributed by atoms with van der Waals surface area (Å²) in [5.41, 5.74) is 2.55. The van der Waals surface area contributed by atoms with Crippen molar-refractivity contribution in [2.24, 2.45) is 23.2 Å². The van der Waals surface area contributed by atoms with Crippen molar-refractivity contribution in [1.82, 2.24) is 0 Å². The predicted octanol–water partition coefficient (Wildman–Crippen LogP) is 2.86. The Hall–Kier alpha value is -1.05. The third kappa shape index (κ3) is 3.89. The molecule has 2 saturated carbocycles. The van der Waals surface area contributed by atoms with Crippen LogP contribution < -0.4 is 0 Å². The molecule has 0 amide bonds. The van der Waals surface area contributed by atoms with Crippen LogP contribution in [0.5, 0.6) is 0 Å². The van der Waals surface area contributed by atoms with E-state index in [1.807, 2.05) is 0 Å². The van der Waals surface area contributed by atoms with Crippen LogP contribution in [0.3, 0.4) is 0 Å². The average molecular weight is 322 g/mol. The van der Waals surface area contributed by atoms with E-state index in [0.717, 1.165) is 25.7 Å². The molecule has 0 radical (unpaired) electrons. The summed E-state index contributed by atoms with van der Waals surface area (Å²) in [4.78, 5) is 10.4. The van der Waals surface area contributed by atoms with Gasteiger partial charge in [-0.25, -0.2) is 4.79 Å². The number of fused-ring (bicyclic) bond motifs is 1. The van der Waals surface area contributed by atoms with Crippen molar-refractivity contribution in [3.63, 3.8) is 0 Å². The Morgan fingerprint density at radius 1 is 1.39 bits per heavy atom. The highest BCUT2D eigenvalue weighted by Gasteiger charge is 2.52. The summed E-state index contributed by atoms with van der Waals surface area (Å²) in [7, 11) is 1.47. The Morgan fingerprint density at radius 3 is 2.78 bits per heavy atom. The molecule has 2 aliphatic rings. The van der Waals surface area contributed by atoms with Crippen molar-refractivity contribution >= 4 is 5.94 Å². The number of ether oxygens (including phenoxy) is 1. The van der Waals surface area contributed by atoms with E-state index in [0.29, 0.717) is 36.4 Å². The summed E-state index contributed by atoms with van der Waals surface area (Å²) in [6, 6.07) is 0. The first-order valence-electron chi connectivity index (χ1n) is 8.81. The normalized spacial score (nSPS) is 35.6. The molecule has 2 fully saturated rings. The van der Waals surface area contributed by atoms with E-state index in [-0.39, 0.29) is 11.5 Å². The van der Waals surface area contributed by atoms with Crippen LogP contribution in [0.25, 0.3) is 0 Å². The molecule has 0 heterocycles. The molecule has 0 aromatic rings. The Balaban J connectivity index is 1.99. The fourth-order valence-electron chi connectivity index (χ4n) is 5.26. The van der Waals surface area contributed by atoms with Gasteiger partial charge in [0.1, 0.15) is 0 Å². The van der Waals surface area contributed by atoms with Crippen molar-refractivity contribution in [1.29, 1.82) is 0 Å². The zero-order valence-corrected chi connectivity index (χ0v) is 14.5. The van der Waals surface area contributed by atoms with E-state index in [9.17, 15) is 15.0 Å². The number of aliphatic hydroxyl groups is 2. The van der Waals surface area contributed by atoms with E-state index >= 15 is 0 Å². The molecule has 0 bridgehead atoms. The van der Waals surface area contributed by atoms with E-state index in [2.05, 4.69) is 19.6 Å². The summed E-state index contributed by atoms with van der Waals surface area (Å²) in [6.45, 7) is 4.53. The molecule has 23 heavy (non-hydrogen) atoms. The highest BCUT2D eigenvalue weighted by Crippen LogP contribution is 2.58. The van der Waals surface area contributed by atoms with Crippen LogP contribution in [0.15, 0.2) is 11.5 Å². The fraction of sp³-hybridized carbons (Fsp3) is 0.842. The molecule has 2 rings (SSSR count). The second-order valence-electron chi connectivity index (χ2n) is 7.68. The first-order chi connectivity index (χ1) is 10.9. The molecule has 2 N–H and O–H groups in total. The van der Waals surface area contributed by atoms with Gasteiger partial charge in [0.2, 0.25) is 0 Å². The lowest BCUT2D eigenvalue weighted by atomic mass is 9.61. The van der Waals surface area contributed by atoms with Crippen LogP contribution in [0.1, 0.15) is 58.8 Å². The highest BCUT2D eigenvalue weighted by molar-refractivity contribution is 5.44. The maximum Gasteiger partial charge on any atom is 0.180 e. The minimum Gasteiger partial charge on any atom is -0.492 e. The minimum atomic E-state index is -0.544. The SMILES string of the molecule is COC(=C=C=O)C[C@H](O)C[C@@H](C)[C@H]1CCC2C(O)CCC[C@@]21C. The zero-order chi connectivity index (χ0) is 17.0. The topological polar surface area (TPSA) is 66.8 Å². The third-order valence-corrected chi connectivity index (χ3v) is 6.35. The van der Waals surface area contributed by atoms with Crippen molar-refractivity contribution in [2.45, 2.75) is 71.0 Å². The zero-order valence-electron chi connectivity index (χ0n) is 14.5. The Morgan fingerprint density at radius 2 is 2.13 bits per heavy atom. The largest absolute Gasteiger partial charge is 0.492 e. The summed E-state index contributed by atoms with van der Waals surface area (Å²) in [5, 5.41) is 20.6. The molecule has 130 valence electrons. The molecule has 0 aromatic carbocycles. The smallest absolute Gasteiger partial charge is 0.180 e. The van der Waals surface area contributed by atoms with Gasteiger partial charge in [0.15, 0.2) is 11.7 Å². The lowest BCUT2D eigenvalue weighted by Crippen LogP contribution is -2.41. The van der Waals surface area contributed by atoms with Gasteiger partial charge in [-0.3, -0.25) is 0 Å². The Labute approximate surface area is 139 Å².